The zero-order valence-corrected chi connectivity index (χ0v) is 17.3. The number of esters is 1. The van der Waals surface area contributed by atoms with Gasteiger partial charge in [-0.1, -0.05) is 30.3 Å². The van der Waals surface area contributed by atoms with Gasteiger partial charge in [0.2, 0.25) is 0 Å². The Hall–Kier alpha value is -4.05. The molecule has 0 aliphatic heterocycles. The van der Waals surface area contributed by atoms with E-state index in [1.807, 2.05) is 37.3 Å². The molecular weight excluding hydrogens is 396 g/mol. The fraction of sp³-hybridized carbons (Fsp3) is 0.208. The second-order valence-corrected chi connectivity index (χ2v) is 6.72. The van der Waals surface area contributed by atoms with Crippen LogP contribution in [0.15, 0.2) is 64.6 Å². The van der Waals surface area contributed by atoms with E-state index >= 15 is 0 Å². The number of nitrogens with zero attached hydrogens (tertiary/aromatic N) is 1. The molecule has 7 nitrogen and oxygen atoms in total. The van der Waals surface area contributed by atoms with Crippen LogP contribution in [0.3, 0.4) is 0 Å². The molecule has 3 rings (SSSR count). The van der Waals surface area contributed by atoms with E-state index < -0.39 is 24.5 Å². The second kappa shape index (κ2) is 10.1. The average molecular weight is 418 g/mol. The summed E-state index contributed by atoms with van der Waals surface area (Å²) in [4.78, 5) is 24.4. The molecule has 0 unspecified atom stereocenters. The maximum atomic E-state index is 12.2. The summed E-state index contributed by atoms with van der Waals surface area (Å²) in [5.74, 6) is -0.0902. The van der Waals surface area contributed by atoms with Gasteiger partial charge in [-0.2, -0.15) is 5.26 Å². The Morgan fingerprint density at radius 1 is 1.19 bits per heavy atom. The molecule has 31 heavy (non-hydrogen) atoms. The van der Waals surface area contributed by atoms with Crippen molar-refractivity contribution in [2.45, 2.75) is 19.9 Å². The van der Waals surface area contributed by atoms with Gasteiger partial charge < -0.3 is 19.2 Å². The Morgan fingerprint density at radius 2 is 1.94 bits per heavy atom. The largest absolute Gasteiger partial charge is 0.494 e. The first kappa shape index (κ1) is 21.7. The number of nitrogens with one attached hydrogen (secondary N) is 1. The molecule has 1 heterocycles. The standard InChI is InChI=1S/C24H22N2O5/c1-3-29-20-10-8-17(9-11-20)12-19(14-25)24(28)30-15-23(27)26-16(2)22-13-18-6-4-5-7-21(18)31-22/h4-13,16H,3,15H2,1-2H3,(H,26,27)/b19-12+/t16-/m0/s1. The highest BCUT2D eigenvalue weighted by Crippen LogP contribution is 2.23. The van der Waals surface area contributed by atoms with Gasteiger partial charge in [0.1, 0.15) is 28.7 Å². The summed E-state index contributed by atoms with van der Waals surface area (Å²) in [5.41, 5.74) is 1.16. The maximum absolute atomic E-state index is 12.2. The van der Waals surface area contributed by atoms with Gasteiger partial charge in [0.25, 0.3) is 5.91 Å². The molecule has 0 bridgehead atoms. The van der Waals surface area contributed by atoms with Crippen molar-refractivity contribution in [3.8, 4) is 11.8 Å². The first-order chi connectivity index (χ1) is 15.0. The number of carbonyl (C=O) groups is 2. The van der Waals surface area contributed by atoms with E-state index in [1.54, 1.807) is 37.3 Å². The molecule has 0 aliphatic rings. The average Bonchev–Trinajstić information content (AvgIpc) is 3.22. The highest BCUT2D eigenvalue weighted by atomic mass is 16.5. The van der Waals surface area contributed by atoms with E-state index in [2.05, 4.69) is 5.32 Å². The predicted molar refractivity (Wildman–Crippen MR) is 115 cm³/mol. The van der Waals surface area contributed by atoms with Gasteiger partial charge in [-0.15, -0.1) is 0 Å². The third-order valence-corrected chi connectivity index (χ3v) is 4.43. The molecule has 0 radical (unpaired) electrons. The first-order valence-corrected chi connectivity index (χ1v) is 9.79. The Morgan fingerprint density at radius 3 is 2.61 bits per heavy atom. The van der Waals surface area contributed by atoms with E-state index in [0.717, 1.165) is 11.0 Å². The smallest absolute Gasteiger partial charge is 0.349 e. The number of carbonyl (C=O) groups excluding carboxylic acids is 2. The van der Waals surface area contributed by atoms with E-state index in [1.165, 1.54) is 6.08 Å². The number of para-hydroxylation sites is 1. The zero-order valence-electron chi connectivity index (χ0n) is 17.3. The summed E-state index contributed by atoms with van der Waals surface area (Å²) in [6.07, 6.45) is 1.40. The zero-order chi connectivity index (χ0) is 22.2. The Bertz CT molecular complexity index is 1110. The van der Waals surface area contributed by atoms with Crippen LogP contribution in [0.4, 0.5) is 0 Å². The van der Waals surface area contributed by atoms with Crippen molar-refractivity contribution in [1.29, 1.82) is 5.26 Å². The fourth-order valence-corrected chi connectivity index (χ4v) is 2.91. The summed E-state index contributed by atoms with van der Waals surface area (Å²) in [6, 6.07) is 17.7. The molecule has 3 aromatic rings. The highest BCUT2D eigenvalue weighted by molar-refractivity contribution is 5.98. The van der Waals surface area contributed by atoms with Gasteiger partial charge in [0, 0.05) is 5.39 Å². The summed E-state index contributed by atoms with van der Waals surface area (Å²) in [6.45, 7) is 3.68. The van der Waals surface area contributed by atoms with E-state index in [4.69, 9.17) is 13.9 Å². The molecule has 1 aromatic heterocycles. The van der Waals surface area contributed by atoms with Crippen LogP contribution >= 0.6 is 0 Å². The maximum Gasteiger partial charge on any atom is 0.349 e. The molecule has 158 valence electrons. The third-order valence-electron chi connectivity index (χ3n) is 4.43. The van der Waals surface area contributed by atoms with Crippen LogP contribution in [0.25, 0.3) is 17.0 Å². The van der Waals surface area contributed by atoms with Crippen molar-refractivity contribution < 1.29 is 23.5 Å². The van der Waals surface area contributed by atoms with E-state index in [0.29, 0.717) is 23.7 Å². The molecule has 1 atom stereocenters. The van der Waals surface area contributed by atoms with Crippen LogP contribution in [-0.2, 0) is 14.3 Å². The van der Waals surface area contributed by atoms with Gasteiger partial charge in [0.05, 0.1) is 12.6 Å². The van der Waals surface area contributed by atoms with Crippen molar-refractivity contribution in [2.75, 3.05) is 13.2 Å². The van der Waals surface area contributed by atoms with Gasteiger partial charge in [-0.3, -0.25) is 4.79 Å². The number of nitriles is 1. The molecule has 0 aliphatic carbocycles. The highest BCUT2D eigenvalue weighted by Gasteiger charge is 2.17. The molecule has 0 fully saturated rings. The second-order valence-electron chi connectivity index (χ2n) is 6.72. The number of furan rings is 1. The van der Waals surface area contributed by atoms with Crippen LogP contribution in [0.5, 0.6) is 5.75 Å². The molecule has 2 aromatic carbocycles. The van der Waals surface area contributed by atoms with Crippen LogP contribution in [0.2, 0.25) is 0 Å². The summed E-state index contributed by atoms with van der Waals surface area (Å²) < 4.78 is 16.1. The topological polar surface area (TPSA) is 102 Å². The number of amides is 1. The predicted octanol–water partition coefficient (Wildman–Crippen LogP) is 4.16. The molecule has 1 N–H and O–H groups in total. The van der Waals surface area contributed by atoms with E-state index in [-0.39, 0.29) is 5.57 Å². The van der Waals surface area contributed by atoms with Crippen molar-refractivity contribution in [1.82, 2.24) is 5.32 Å². The number of fused-ring (bicyclic) bond motifs is 1. The van der Waals surface area contributed by atoms with Crippen LogP contribution in [0.1, 0.15) is 31.2 Å². The summed E-state index contributed by atoms with van der Waals surface area (Å²) in [7, 11) is 0. The normalized spacial score (nSPS) is 12.1. The van der Waals surface area contributed by atoms with Crippen molar-refractivity contribution in [3.05, 3.63) is 71.5 Å². The Balaban J connectivity index is 1.55. The van der Waals surface area contributed by atoms with Crippen LogP contribution in [0, 0.1) is 11.3 Å². The lowest BCUT2D eigenvalue weighted by Gasteiger charge is -2.11. The number of ether oxygens (including phenoxy) is 2. The monoisotopic (exact) mass is 418 g/mol. The molecule has 7 heteroatoms. The minimum absolute atomic E-state index is 0.206. The number of benzene rings is 2. The molecule has 0 spiro atoms. The van der Waals surface area contributed by atoms with Gasteiger partial charge in [-0.25, -0.2) is 4.79 Å². The third kappa shape index (κ3) is 5.73. The summed E-state index contributed by atoms with van der Waals surface area (Å²) >= 11 is 0. The minimum atomic E-state index is -0.872. The minimum Gasteiger partial charge on any atom is -0.494 e. The lowest BCUT2D eigenvalue weighted by Crippen LogP contribution is -2.31. The van der Waals surface area contributed by atoms with Gasteiger partial charge >= 0.3 is 5.97 Å². The lowest BCUT2D eigenvalue weighted by atomic mass is 10.1. The Labute approximate surface area is 179 Å². The SMILES string of the molecule is CCOc1ccc(/C=C(\C#N)C(=O)OCC(=O)N[C@@H](C)c2cc3ccccc3o2)cc1. The quantitative estimate of drug-likeness (QED) is 0.335. The first-order valence-electron chi connectivity index (χ1n) is 9.79. The molecule has 1 amide bonds. The van der Waals surface area contributed by atoms with Crippen molar-refractivity contribution in [3.63, 3.8) is 0 Å². The van der Waals surface area contributed by atoms with Gasteiger partial charge in [-0.05, 0) is 49.8 Å². The number of hydrogen-bond acceptors (Lipinski definition) is 6. The molecular formula is C24H22N2O5. The number of rotatable bonds is 8. The van der Waals surface area contributed by atoms with Crippen molar-refractivity contribution >= 4 is 28.9 Å². The van der Waals surface area contributed by atoms with Crippen LogP contribution < -0.4 is 10.1 Å². The molecule has 0 saturated carbocycles. The van der Waals surface area contributed by atoms with Crippen molar-refractivity contribution in [2.24, 2.45) is 0 Å². The number of hydrogen-bond donors (Lipinski definition) is 1. The fourth-order valence-electron chi connectivity index (χ4n) is 2.91. The van der Waals surface area contributed by atoms with Crippen LogP contribution in [-0.4, -0.2) is 25.1 Å². The summed E-state index contributed by atoms with van der Waals surface area (Å²) in [5, 5.41) is 12.9. The van der Waals surface area contributed by atoms with E-state index in [9.17, 15) is 14.9 Å². The van der Waals surface area contributed by atoms with Gasteiger partial charge in [0.15, 0.2) is 6.61 Å². The lowest BCUT2D eigenvalue weighted by molar-refractivity contribution is -0.144. The Kier molecular flexibility index (Phi) is 7.07. The molecule has 0 saturated heterocycles.